The van der Waals surface area contributed by atoms with E-state index in [1.807, 2.05) is 30.7 Å². The lowest BCUT2D eigenvalue weighted by Crippen LogP contribution is -2.02. The Morgan fingerprint density at radius 3 is 2.50 bits per heavy atom. The van der Waals surface area contributed by atoms with Crippen LogP contribution < -0.4 is 4.74 Å². The number of pyridine rings is 1. The number of nitrogens with zero attached hydrogens (tertiary/aromatic N) is 3. The summed E-state index contributed by atoms with van der Waals surface area (Å²) in [6.07, 6.45) is 2.13. The molecule has 2 heterocycles. The van der Waals surface area contributed by atoms with Crippen LogP contribution in [-0.4, -0.2) is 14.5 Å². The lowest BCUT2D eigenvalue weighted by atomic mass is 9.93. The minimum Gasteiger partial charge on any atom is -0.422 e. The zero-order valence-electron chi connectivity index (χ0n) is 15.1. The van der Waals surface area contributed by atoms with Gasteiger partial charge in [0, 0.05) is 7.05 Å². The second kappa shape index (κ2) is 7.87. The smallest absolute Gasteiger partial charge is 0.302 e. The molecule has 0 aliphatic rings. The number of halogens is 3. The molecule has 4 nitrogen and oxygen atoms in total. The van der Waals surface area contributed by atoms with Gasteiger partial charge in [0.2, 0.25) is 0 Å². The third kappa shape index (κ3) is 3.51. The molecular formula is C19H20Br2ClN3O. The summed E-state index contributed by atoms with van der Waals surface area (Å²) >= 11 is 13.4. The van der Waals surface area contributed by atoms with Crippen molar-refractivity contribution < 1.29 is 4.74 Å². The highest BCUT2D eigenvalue weighted by Gasteiger charge is 2.21. The van der Waals surface area contributed by atoms with E-state index in [4.69, 9.17) is 16.3 Å². The zero-order valence-corrected chi connectivity index (χ0v) is 19.0. The van der Waals surface area contributed by atoms with Gasteiger partial charge in [-0.05, 0) is 75.2 Å². The first-order valence-corrected chi connectivity index (χ1v) is 10.5. The second-order valence-corrected chi connectivity index (χ2v) is 8.32. The van der Waals surface area contributed by atoms with Gasteiger partial charge >= 0.3 is 6.01 Å². The van der Waals surface area contributed by atoms with Crippen molar-refractivity contribution in [3.8, 4) is 11.8 Å². The minimum absolute atomic E-state index is 0.459. The molecule has 0 fully saturated rings. The van der Waals surface area contributed by atoms with E-state index in [0.29, 0.717) is 22.7 Å². The molecule has 1 aromatic carbocycles. The molecule has 0 aliphatic carbocycles. The zero-order chi connectivity index (χ0) is 19.0. The summed E-state index contributed by atoms with van der Waals surface area (Å²) in [5, 5.41) is 0.630. The van der Waals surface area contributed by atoms with E-state index < -0.39 is 0 Å². The van der Waals surface area contributed by atoms with E-state index >= 15 is 0 Å². The van der Waals surface area contributed by atoms with Gasteiger partial charge < -0.3 is 4.74 Å². The third-order valence-electron chi connectivity index (χ3n) is 4.65. The van der Waals surface area contributed by atoms with Crippen LogP contribution in [-0.2, 0) is 7.05 Å². The fraction of sp³-hybridized carbons (Fsp3) is 0.368. The number of ether oxygens (including phenoxy) is 1. The van der Waals surface area contributed by atoms with Gasteiger partial charge in [0.05, 0.1) is 20.7 Å². The van der Waals surface area contributed by atoms with Crippen molar-refractivity contribution >= 4 is 54.5 Å². The highest BCUT2D eigenvalue weighted by Crippen LogP contribution is 2.38. The van der Waals surface area contributed by atoms with Crippen molar-refractivity contribution in [2.45, 2.75) is 39.5 Å². The molecule has 3 aromatic rings. The van der Waals surface area contributed by atoms with Crippen LogP contribution in [0.15, 0.2) is 27.3 Å². The van der Waals surface area contributed by atoms with Crippen molar-refractivity contribution in [3.05, 3.63) is 43.6 Å². The van der Waals surface area contributed by atoms with Gasteiger partial charge in [0.1, 0.15) is 10.1 Å². The van der Waals surface area contributed by atoms with Crippen LogP contribution in [0, 0.1) is 6.92 Å². The van der Waals surface area contributed by atoms with Crippen LogP contribution in [0.5, 0.6) is 11.8 Å². The topological polar surface area (TPSA) is 39.9 Å². The van der Waals surface area contributed by atoms with Crippen LogP contribution in [0.25, 0.3) is 11.0 Å². The fourth-order valence-corrected chi connectivity index (χ4v) is 4.83. The molecule has 0 spiro atoms. The Hall–Kier alpha value is -1.11. The first-order chi connectivity index (χ1) is 12.4. The number of aromatic nitrogens is 3. The summed E-state index contributed by atoms with van der Waals surface area (Å²) in [7, 11) is 1.96. The van der Waals surface area contributed by atoms with Crippen molar-refractivity contribution in [1.29, 1.82) is 0 Å². The predicted molar refractivity (Wildman–Crippen MR) is 113 cm³/mol. The third-order valence-corrected chi connectivity index (χ3v) is 5.95. The maximum absolute atomic E-state index is 6.43. The Balaban J connectivity index is 2.16. The standard InChI is InChI=1S/C19H20Br2ClN3O/c1-5-11(6-2)12-7-8-14(22)16-17(12)25(4)19(24-16)26-18-10(3)23-15(21)9-13(18)20/h7-9,11H,5-6H2,1-4H3. The van der Waals surface area contributed by atoms with E-state index in [1.165, 1.54) is 5.56 Å². The Bertz CT molecular complexity index is 944. The number of benzene rings is 1. The summed E-state index contributed by atoms with van der Waals surface area (Å²) in [6, 6.07) is 6.38. The molecule has 138 valence electrons. The van der Waals surface area contributed by atoms with E-state index in [-0.39, 0.29) is 0 Å². The fourth-order valence-electron chi connectivity index (χ4n) is 3.25. The number of rotatable bonds is 5. The molecule has 7 heteroatoms. The summed E-state index contributed by atoms with van der Waals surface area (Å²) < 4.78 is 9.67. The molecular weight excluding hydrogens is 481 g/mol. The molecule has 0 N–H and O–H groups in total. The van der Waals surface area contributed by atoms with Crippen molar-refractivity contribution in [2.75, 3.05) is 0 Å². The van der Waals surface area contributed by atoms with Gasteiger partial charge in [-0.2, -0.15) is 4.98 Å². The Labute approximate surface area is 175 Å². The van der Waals surface area contributed by atoms with Gasteiger partial charge in [0.15, 0.2) is 5.75 Å². The van der Waals surface area contributed by atoms with Crippen LogP contribution in [0.1, 0.15) is 43.9 Å². The molecule has 0 unspecified atom stereocenters. The minimum atomic E-state index is 0.459. The lowest BCUT2D eigenvalue weighted by molar-refractivity contribution is 0.419. The van der Waals surface area contributed by atoms with Gasteiger partial charge in [-0.1, -0.05) is 31.5 Å². The Kier molecular flexibility index (Phi) is 5.94. The average Bonchev–Trinajstić information content (AvgIpc) is 2.92. The monoisotopic (exact) mass is 499 g/mol. The van der Waals surface area contributed by atoms with Crippen LogP contribution in [0.2, 0.25) is 5.02 Å². The number of fused-ring (bicyclic) bond motifs is 1. The first-order valence-electron chi connectivity index (χ1n) is 8.52. The Morgan fingerprint density at radius 1 is 1.19 bits per heavy atom. The van der Waals surface area contributed by atoms with E-state index in [1.54, 1.807) is 0 Å². The first kappa shape index (κ1) is 19.6. The van der Waals surface area contributed by atoms with Crippen molar-refractivity contribution in [2.24, 2.45) is 7.05 Å². The van der Waals surface area contributed by atoms with E-state index in [9.17, 15) is 0 Å². The molecule has 0 bridgehead atoms. The average molecular weight is 502 g/mol. The van der Waals surface area contributed by atoms with Gasteiger partial charge in [-0.15, -0.1) is 0 Å². The predicted octanol–water partition coefficient (Wildman–Crippen LogP) is 7.15. The molecule has 0 atom stereocenters. The highest BCUT2D eigenvalue weighted by atomic mass is 79.9. The molecule has 0 aliphatic heterocycles. The molecule has 0 saturated carbocycles. The second-order valence-electron chi connectivity index (χ2n) is 6.24. The van der Waals surface area contributed by atoms with Crippen LogP contribution in [0.4, 0.5) is 0 Å². The molecule has 26 heavy (non-hydrogen) atoms. The Morgan fingerprint density at radius 2 is 1.88 bits per heavy atom. The largest absolute Gasteiger partial charge is 0.422 e. The van der Waals surface area contributed by atoms with Crippen LogP contribution in [0.3, 0.4) is 0 Å². The highest BCUT2D eigenvalue weighted by molar-refractivity contribution is 9.11. The summed E-state index contributed by atoms with van der Waals surface area (Å²) in [6.45, 7) is 6.31. The quantitative estimate of drug-likeness (QED) is 0.349. The normalized spacial score (nSPS) is 11.5. The molecule has 2 aromatic heterocycles. The van der Waals surface area contributed by atoms with Crippen molar-refractivity contribution in [3.63, 3.8) is 0 Å². The number of aryl methyl sites for hydroxylation is 2. The van der Waals surface area contributed by atoms with E-state index in [2.05, 4.69) is 61.7 Å². The maximum atomic E-state index is 6.43. The number of hydrogen-bond donors (Lipinski definition) is 0. The molecule has 0 amide bonds. The summed E-state index contributed by atoms with van der Waals surface area (Å²) in [5.74, 6) is 1.10. The van der Waals surface area contributed by atoms with Crippen molar-refractivity contribution in [1.82, 2.24) is 14.5 Å². The van der Waals surface area contributed by atoms with Gasteiger partial charge in [-0.3, -0.25) is 4.57 Å². The molecule has 0 saturated heterocycles. The molecule has 3 rings (SSSR count). The van der Waals surface area contributed by atoms with Crippen LogP contribution >= 0.6 is 43.5 Å². The maximum Gasteiger partial charge on any atom is 0.302 e. The van der Waals surface area contributed by atoms with Gasteiger partial charge in [-0.25, -0.2) is 4.98 Å². The number of hydrogen-bond acceptors (Lipinski definition) is 3. The number of imidazole rings is 1. The molecule has 0 radical (unpaired) electrons. The lowest BCUT2D eigenvalue weighted by Gasteiger charge is -2.15. The van der Waals surface area contributed by atoms with Gasteiger partial charge in [0.25, 0.3) is 0 Å². The SMILES string of the molecule is CCC(CC)c1ccc(Cl)c2nc(Oc3c(Br)cc(Br)nc3C)n(C)c12. The summed E-state index contributed by atoms with van der Waals surface area (Å²) in [5.41, 5.74) is 3.82. The van der Waals surface area contributed by atoms with E-state index in [0.717, 1.165) is 38.6 Å². The summed E-state index contributed by atoms with van der Waals surface area (Å²) in [4.78, 5) is 9.07.